The summed E-state index contributed by atoms with van der Waals surface area (Å²) in [6.07, 6.45) is 0. The molecule has 0 saturated heterocycles. The van der Waals surface area contributed by atoms with E-state index in [4.69, 9.17) is 17.3 Å². The number of nitrogens with one attached hydrogen (secondary N) is 1. The van der Waals surface area contributed by atoms with Crippen LogP contribution in [0.15, 0.2) is 66.7 Å². The van der Waals surface area contributed by atoms with Crippen molar-refractivity contribution < 1.29 is 9.72 Å². The average Bonchev–Trinajstić information content (AvgIpc) is 2.64. The highest BCUT2D eigenvalue weighted by Crippen LogP contribution is 2.31. The molecular formula is C19H14ClN3O3. The van der Waals surface area contributed by atoms with Crippen molar-refractivity contribution in [2.24, 2.45) is 0 Å². The SMILES string of the molecule is Nc1cc([N+](=O)[O-])ccc1Nc1ccc(Cl)cc1C(=O)c1ccccc1. The van der Waals surface area contributed by atoms with E-state index < -0.39 is 4.92 Å². The zero-order valence-corrected chi connectivity index (χ0v) is 14.2. The number of hydrogen-bond acceptors (Lipinski definition) is 5. The molecule has 0 radical (unpaired) electrons. The Hall–Kier alpha value is -3.38. The molecule has 0 aromatic heterocycles. The molecule has 0 aliphatic rings. The van der Waals surface area contributed by atoms with Gasteiger partial charge in [-0.15, -0.1) is 0 Å². The lowest BCUT2D eigenvalue weighted by molar-refractivity contribution is -0.384. The molecule has 3 aromatic carbocycles. The molecule has 6 nitrogen and oxygen atoms in total. The Balaban J connectivity index is 1.99. The van der Waals surface area contributed by atoms with E-state index in [-0.39, 0.29) is 17.2 Å². The summed E-state index contributed by atoms with van der Waals surface area (Å²) < 4.78 is 0. The van der Waals surface area contributed by atoms with Crippen molar-refractivity contribution in [3.8, 4) is 0 Å². The maximum absolute atomic E-state index is 12.8. The van der Waals surface area contributed by atoms with Crippen LogP contribution in [0.4, 0.5) is 22.7 Å². The second-order valence-electron chi connectivity index (χ2n) is 5.54. The monoisotopic (exact) mass is 367 g/mol. The number of non-ortho nitro benzene ring substituents is 1. The van der Waals surface area contributed by atoms with Crippen molar-refractivity contribution in [1.29, 1.82) is 0 Å². The highest BCUT2D eigenvalue weighted by atomic mass is 35.5. The van der Waals surface area contributed by atoms with Gasteiger partial charge in [-0.1, -0.05) is 41.9 Å². The van der Waals surface area contributed by atoms with E-state index in [0.717, 1.165) is 0 Å². The summed E-state index contributed by atoms with van der Waals surface area (Å²) in [5, 5.41) is 14.3. The summed E-state index contributed by atoms with van der Waals surface area (Å²) in [5.74, 6) is -0.198. The fraction of sp³-hybridized carbons (Fsp3) is 0. The summed E-state index contributed by atoms with van der Waals surface area (Å²) in [4.78, 5) is 23.1. The Labute approximate surface area is 154 Å². The maximum atomic E-state index is 12.8. The number of carbonyl (C=O) groups is 1. The number of halogens is 1. The van der Waals surface area contributed by atoms with Gasteiger partial charge in [0.1, 0.15) is 0 Å². The van der Waals surface area contributed by atoms with Crippen LogP contribution in [0.1, 0.15) is 15.9 Å². The predicted octanol–water partition coefficient (Wildman–Crippen LogP) is 4.81. The highest BCUT2D eigenvalue weighted by Gasteiger charge is 2.16. The van der Waals surface area contributed by atoms with E-state index in [0.29, 0.717) is 27.5 Å². The normalized spacial score (nSPS) is 10.3. The third kappa shape index (κ3) is 3.65. The van der Waals surface area contributed by atoms with Crippen LogP contribution >= 0.6 is 11.6 Å². The molecular weight excluding hydrogens is 354 g/mol. The van der Waals surface area contributed by atoms with Crippen molar-refractivity contribution in [2.45, 2.75) is 0 Å². The molecule has 0 unspecified atom stereocenters. The topological polar surface area (TPSA) is 98.3 Å². The quantitative estimate of drug-likeness (QED) is 0.292. The van der Waals surface area contributed by atoms with Gasteiger partial charge in [0.05, 0.1) is 16.3 Å². The number of nitrogen functional groups attached to an aromatic ring is 1. The summed E-state index contributed by atoms with van der Waals surface area (Å²) >= 11 is 6.06. The van der Waals surface area contributed by atoms with Crippen LogP contribution < -0.4 is 11.1 Å². The lowest BCUT2D eigenvalue weighted by Gasteiger charge is -2.13. The number of hydrogen-bond donors (Lipinski definition) is 2. The Morgan fingerprint density at radius 2 is 1.69 bits per heavy atom. The largest absolute Gasteiger partial charge is 0.397 e. The zero-order valence-electron chi connectivity index (χ0n) is 13.5. The molecule has 0 heterocycles. The van der Waals surface area contributed by atoms with E-state index in [9.17, 15) is 14.9 Å². The smallest absolute Gasteiger partial charge is 0.271 e. The first kappa shape index (κ1) is 17.4. The minimum Gasteiger partial charge on any atom is -0.397 e. The molecule has 0 bridgehead atoms. The van der Waals surface area contributed by atoms with Crippen LogP contribution in [0.5, 0.6) is 0 Å². The number of ketones is 1. The van der Waals surface area contributed by atoms with Crippen LogP contribution in [0, 0.1) is 10.1 Å². The van der Waals surface area contributed by atoms with E-state index in [1.165, 1.54) is 18.2 Å². The molecule has 26 heavy (non-hydrogen) atoms. The van der Waals surface area contributed by atoms with Gasteiger partial charge in [0, 0.05) is 34.0 Å². The Morgan fingerprint density at radius 3 is 2.35 bits per heavy atom. The molecule has 0 fully saturated rings. The van der Waals surface area contributed by atoms with Gasteiger partial charge in [0.15, 0.2) is 5.78 Å². The van der Waals surface area contributed by atoms with Crippen LogP contribution in [0.2, 0.25) is 5.02 Å². The maximum Gasteiger partial charge on any atom is 0.271 e. The third-order valence-electron chi connectivity index (χ3n) is 3.78. The predicted molar refractivity (Wildman–Crippen MR) is 102 cm³/mol. The fourth-order valence-electron chi connectivity index (χ4n) is 2.48. The Bertz CT molecular complexity index is 991. The molecule has 0 spiro atoms. The van der Waals surface area contributed by atoms with Crippen molar-refractivity contribution in [3.63, 3.8) is 0 Å². The van der Waals surface area contributed by atoms with Crippen LogP contribution in [0.25, 0.3) is 0 Å². The first-order chi connectivity index (χ1) is 12.5. The molecule has 3 rings (SSSR count). The lowest BCUT2D eigenvalue weighted by atomic mass is 10.0. The summed E-state index contributed by atoms with van der Waals surface area (Å²) in [7, 11) is 0. The standard InChI is InChI=1S/C19H14ClN3O3/c20-13-6-8-17(15(10-13)19(24)12-4-2-1-3-5-12)22-18-9-7-14(23(25)26)11-16(18)21/h1-11,22H,21H2. The molecule has 0 aliphatic carbocycles. The molecule has 0 aliphatic heterocycles. The van der Waals surface area contributed by atoms with Gasteiger partial charge in [-0.3, -0.25) is 14.9 Å². The number of rotatable bonds is 5. The van der Waals surface area contributed by atoms with Crippen molar-refractivity contribution in [1.82, 2.24) is 0 Å². The molecule has 130 valence electrons. The molecule has 0 saturated carbocycles. The Morgan fingerprint density at radius 1 is 1.00 bits per heavy atom. The summed E-state index contributed by atoms with van der Waals surface area (Å²) in [5.41, 5.74) is 7.85. The molecule has 3 N–H and O–H groups in total. The van der Waals surface area contributed by atoms with Crippen LogP contribution in [-0.4, -0.2) is 10.7 Å². The average molecular weight is 368 g/mol. The fourth-order valence-corrected chi connectivity index (χ4v) is 2.65. The number of anilines is 3. The first-order valence-corrected chi connectivity index (χ1v) is 8.04. The number of nitrogens with zero attached hydrogens (tertiary/aromatic N) is 1. The molecule has 0 atom stereocenters. The molecule has 7 heteroatoms. The number of nitro groups is 1. The Kier molecular flexibility index (Phi) is 4.86. The third-order valence-corrected chi connectivity index (χ3v) is 4.01. The minimum atomic E-state index is -0.521. The van der Waals surface area contributed by atoms with Gasteiger partial charge in [0.2, 0.25) is 0 Å². The van der Waals surface area contributed by atoms with Gasteiger partial charge in [-0.05, 0) is 24.3 Å². The van der Waals surface area contributed by atoms with Gasteiger partial charge in [0.25, 0.3) is 5.69 Å². The second kappa shape index (κ2) is 7.25. The second-order valence-corrected chi connectivity index (χ2v) is 5.98. The van der Waals surface area contributed by atoms with Crippen LogP contribution in [0.3, 0.4) is 0 Å². The van der Waals surface area contributed by atoms with E-state index >= 15 is 0 Å². The lowest BCUT2D eigenvalue weighted by Crippen LogP contribution is -2.06. The van der Waals surface area contributed by atoms with E-state index in [1.807, 2.05) is 6.07 Å². The molecule has 3 aromatic rings. The van der Waals surface area contributed by atoms with Crippen molar-refractivity contribution in [3.05, 3.63) is 93.0 Å². The van der Waals surface area contributed by atoms with Gasteiger partial charge in [-0.2, -0.15) is 0 Å². The van der Waals surface area contributed by atoms with Gasteiger partial charge >= 0.3 is 0 Å². The van der Waals surface area contributed by atoms with Gasteiger partial charge in [-0.25, -0.2) is 0 Å². The molecule has 0 amide bonds. The number of nitro benzene ring substituents is 1. The summed E-state index contributed by atoms with van der Waals surface area (Å²) in [6, 6.07) is 17.8. The number of carbonyl (C=O) groups excluding carboxylic acids is 1. The van der Waals surface area contributed by atoms with Crippen molar-refractivity contribution in [2.75, 3.05) is 11.1 Å². The highest BCUT2D eigenvalue weighted by molar-refractivity contribution is 6.31. The van der Waals surface area contributed by atoms with E-state index in [1.54, 1.807) is 42.5 Å². The van der Waals surface area contributed by atoms with Gasteiger partial charge < -0.3 is 11.1 Å². The minimum absolute atomic E-state index is 0.107. The van der Waals surface area contributed by atoms with Crippen molar-refractivity contribution >= 4 is 40.1 Å². The number of benzene rings is 3. The summed E-state index contributed by atoms with van der Waals surface area (Å²) in [6.45, 7) is 0. The number of nitrogens with two attached hydrogens (primary N) is 1. The zero-order chi connectivity index (χ0) is 18.7. The van der Waals surface area contributed by atoms with Crippen LogP contribution in [-0.2, 0) is 0 Å². The first-order valence-electron chi connectivity index (χ1n) is 7.66. The van der Waals surface area contributed by atoms with E-state index in [2.05, 4.69) is 5.32 Å².